The number of hydrogen-bond acceptors (Lipinski definition) is 15. The van der Waals surface area contributed by atoms with Gasteiger partial charge in [0.2, 0.25) is 11.9 Å². The van der Waals surface area contributed by atoms with Gasteiger partial charge >= 0.3 is 5.97 Å². The Labute approximate surface area is 423 Å². The van der Waals surface area contributed by atoms with E-state index in [-0.39, 0.29) is 79.6 Å². The number of morpholine rings is 1. The average molecular weight is 1010 g/mol. The Morgan fingerprint density at radius 3 is 1.76 bits per heavy atom. The Balaban J connectivity index is 1.01. The van der Waals surface area contributed by atoms with Crippen molar-refractivity contribution in [3.05, 3.63) is 88.3 Å². The van der Waals surface area contributed by atoms with Crippen LogP contribution < -0.4 is 25.4 Å². The number of amides is 3. The maximum atomic E-state index is 14.4. The number of likely N-dealkylation sites (tertiary alicyclic amines) is 1. The Morgan fingerprint density at radius 1 is 0.703 bits per heavy atom. The van der Waals surface area contributed by atoms with Gasteiger partial charge in [0.25, 0.3) is 17.7 Å². The molecule has 5 N–H and O–H groups in total. The number of allylic oxidation sites excluding steroid dienone is 2. The number of fused-ring (bicyclic) bond motifs is 2. The van der Waals surface area contributed by atoms with Crippen LogP contribution in [0.25, 0.3) is 22.1 Å². The summed E-state index contributed by atoms with van der Waals surface area (Å²) in [6, 6.07) is 9.28. The number of carbonyl (C=O) groups is 4. The van der Waals surface area contributed by atoms with Gasteiger partial charge in [0.1, 0.15) is 47.1 Å². The van der Waals surface area contributed by atoms with Gasteiger partial charge in [0, 0.05) is 56.8 Å². The highest BCUT2D eigenvalue weighted by Gasteiger charge is 2.38. The third kappa shape index (κ3) is 9.56. The van der Waals surface area contributed by atoms with Crippen molar-refractivity contribution in [1.82, 2.24) is 69.5 Å². The summed E-state index contributed by atoms with van der Waals surface area (Å²) >= 11 is 0. The molecule has 2 aromatic carbocycles. The summed E-state index contributed by atoms with van der Waals surface area (Å²) in [7, 11) is 0. The van der Waals surface area contributed by atoms with Crippen LogP contribution in [0, 0.1) is 13.8 Å². The number of carboxylic acid groups (broad SMARTS) is 1. The largest absolute Gasteiger partial charge is 0.490 e. The number of aromatic nitrogens is 12. The first-order valence-corrected chi connectivity index (χ1v) is 25.3. The fourth-order valence-electron chi connectivity index (χ4n) is 10.8. The second kappa shape index (κ2) is 20.1. The molecule has 1 saturated carbocycles. The van der Waals surface area contributed by atoms with E-state index in [1.165, 1.54) is 12.1 Å². The minimum atomic E-state index is -1.17. The van der Waals surface area contributed by atoms with Crippen molar-refractivity contribution >= 4 is 57.7 Å². The van der Waals surface area contributed by atoms with Gasteiger partial charge in [-0.15, -0.1) is 10.2 Å². The van der Waals surface area contributed by atoms with E-state index in [2.05, 4.69) is 51.7 Å². The van der Waals surface area contributed by atoms with Crippen LogP contribution in [0.5, 0.6) is 11.5 Å². The minimum absolute atomic E-state index is 0.0142. The topological polar surface area (TPSA) is 281 Å². The molecule has 3 aliphatic heterocycles. The molecule has 386 valence electrons. The van der Waals surface area contributed by atoms with Gasteiger partial charge in [-0.05, 0) is 103 Å². The molecule has 3 amide bonds. The van der Waals surface area contributed by atoms with Gasteiger partial charge < -0.3 is 33.8 Å². The fraction of sp³-hybridized carbons (Fsp3) is 0.460. The molecule has 8 heterocycles. The molecule has 24 heteroatoms. The van der Waals surface area contributed by atoms with Crippen LogP contribution in [0.2, 0.25) is 0 Å². The van der Waals surface area contributed by atoms with Crippen molar-refractivity contribution in [2.75, 3.05) is 36.9 Å². The Hall–Kier alpha value is -7.99. The highest BCUT2D eigenvalue weighted by molar-refractivity contribution is 6.05. The molecule has 1 aliphatic carbocycles. The third-order valence-corrected chi connectivity index (χ3v) is 14.4. The number of aromatic amines is 1. The molecule has 3 unspecified atom stereocenters. The van der Waals surface area contributed by atoms with Crippen molar-refractivity contribution < 1.29 is 38.5 Å². The highest BCUT2D eigenvalue weighted by atomic mass is 16.5. The molecule has 11 rings (SSSR count). The van der Waals surface area contributed by atoms with Crippen LogP contribution in [-0.4, -0.2) is 144 Å². The van der Waals surface area contributed by atoms with Crippen LogP contribution in [0.15, 0.2) is 48.6 Å². The van der Waals surface area contributed by atoms with Crippen molar-refractivity contribution in [3.8, 4) is 11.5 Å². The number of aryl methyl sites for hydroxylation is 4. The molecular formula is C50H58N16O8. The smallest absolute Gasteiger partial charge is 0.335 e. The predicted octanol–water partition coefficient (Wildman–Crippen LogP) is 4.87. The molecule has 0 radical (unpaired) electrons. The first kappa shape index (κ1) is 48.3. The van der Waals surface area contributed by atoms with Crippen molar-refractivity contribution in [2.24, 2.45) is 0 Å². The average Bonchev–Trinajstić information content (AvgIpc) is 4.27. The Morgan fingerprint density at radius 2 is 1.24 bits per heavy atom. The number of hydrogen-bond donors (Lipinski definition) is 5. The van der Waals surface area contributed by atoms with Crippen molar-refractivity contribution in [1.29, 1.82) is 0 Å². The van der Waals surface area contributed by atoms with Gasteiger partial charge in [-0.2, -0.15) is 15.4 Å². The Bertz CT molecular complexity index is 3300. The van der Waals surface area contributed by atoms with Gasteiger partial charge in [0.15, 0.2) is 5.82 Å². The van der Waals surface area contributed by atoms with Crippen LogP contribution >= 0.6 is 0 Å². The van der Waals surface area contributed by atoms with E-state index >= 15 is 0 Å². The van der Waals surface area contributed by atoms with Crippen molar-refractivity contribution in [3.63, 3.8) is 0 Å². The normalized spacial score (nSPS) is 21.6. The minimum Gasteiger partial charge on any atom is -0.490 e. The summed E-state index contributed by atoms with van der Waals surface area (Å²) in [5, 5.41) is 43.2. The number of nitrogens with one attached hydrogen (secondary N) is 4. The van der Waals surface area contributed by atoms with Crippen LogP contribution in [0.1, 0.15) is 117 Å². The number of aromatic carboxylic acids is 1. The molecule has 2 saturated heterocycles. The lowest BCUT2D eigenvalue weighted by Gasteiger charge is -2.37. The fourth-order valence-corrected chi connectivity index (χ4v) is 10.8. The van der Waals surface area contributed by atoms with E-state index in [4.69, 9.17) is 24.2 Å². The number of carbonyl (C=O) groups excluding carboxylic acids is 3. The number of carboxylic acids is 1. The lowest BCUT2D eigenvalue weighted by atomic mass is 9.85. The van der Waals surface area contributed by atoms with E-state index in [1.54, 1.807) is 38.2 Å². The summed E-state index contributed by atoms with van der Waals surface area (Å²) in [5.74, 6) is -0.539. The quantitative estimate of drug-likeness (QED) is 0.108. The summed E-state index contributed by atoms with van der Waals surface area (Å²) in [6.45, 7) is 10.0. The lowest BCUT2D eigenvalue weighted by molar-refractivity contribution is -0.0639. The lowest BCUT2D eigenvalue weighted by Crippen LogP contribution is -2.52. The van der Waals surface area contributed by atoms with Gasteiger partial charge in [-0.3, -0.25) is 39.3 Å². The number of tetrazole rings is 1. The Kier molecular flexibility index (Phi) is 13.1. The number of anilines is 2. The predicted molar refractivity (Wildman–Crippen MR) is 268 cm³/mol. The molecule has 24 nitrogen and oxygen atoms in total. The maximum absolute atomic E-state index is 14.4. The number of nitrogens with zero attached hydrogens (tertiary/aromatic N) is 12. The molecule has 4 aliphatic rings. The molecule has 74 heavy (non-hydrogen) atoms. The third-order valence-electron chi connectivity index (χ3n) is 14.4. The summed E-state index contributed by atoms with van der Waals surface area (Å²) in [5.41, 5.74) is 4.04. The summed E-state index contributed by atoms with van der Waals surface area (Å²) in [6.07, 6.45) is 8.65. The van der Waals surface area contributed by atoms with Crippen LogP contribution in [0.4, 0.5) is 11.9 Å². The second-order valence-corrected chi connectivity index (χ2v) is 19.4. The molecule has 2 bridgehead atoms. The van der Waals surface area contributed by atoms with Crippen LogP contribution in [-0.2, 0) is 30.9 Å². The second-order valence-electron chi connectivity index (χ2n) is 19.4. The van der Waals surface area contributed by atoms with Gasteiger partial charge in [0.05, 0.1) is 46.2 Å². The number of imidazole rings is 2. The summed E-state index contributed by atoms with van der Waals surface area (Å²) < 4.78 is 26.8. The first-order valence-electron chi connectivity index (χ1n) is 25.3. The number of ether oxygens (including phenoxy) is 3. The molecular weight excluding hydrogens is 953 g/mol. The zero-order chi connectivity index (χ0) is 51.2. The van der Waals surface area contributed by atoms with E-state index in [1.807, 2.05) is 44.4 Å². The number of rotatable bonds is 11. The molecule has 3 atom stereocenters. The molecule has 5 aromatic heterocycles. The van der Waals surface area contributed by atoms with E-state index in [0.29, 0.717) is 88.2 Å². The van der Waals surface area contributed by atoms with E-state index in [0.717, 1.165) is 38.5 Å². The molecule has 0 spiro atoms. The van der Waals surface area contributed by atoms with Gasteiger partial charge in [-0.1, -0.05) is 17.4 Å². The molecule has 3 fully saturated rings. The number of benzene rings is 2. The molecule has 7 aromatic rings. The van der Waals surface area contributed by atoms with Crippen LogP contribution in [0.3, 0.4) is 0 Å². The monoisotopic (exact) mass is 1010 g/mol. The maximum Gasteiger partial charge on any atom is 0.335 e. The van der Waals surface area contributed by atoms with E-state index in [9.17, 15) is 24.3 Å². The van der Waals surface area contributed by atoms with Crippen molar-refractivity contribution in [2.45, 2.75) is 123 Å². The zero-order valence-electron chi connectivity index (χ0n) is 41.6. The number of H-pyrrole nitrogens is 1. The zero-order valence-corrected chi connectivity index (χ0v) is 41.6. The highest BCUT2D eigenvalue weighted by Crippen LogP contribution is 2.36. The van der Waals surface area contributed by atoms with E-state index < -0.39 is 23.8 Å². The first-order chi connectivity index (χ1) is 35.9. The SMILES string of the molecule is CCn1nc(C)cc1C(=O)Nc1nc2cc(C(=O)O)cc3c2n1C/C=C/Cn1c(NC(=O)c2cc(C)nn2CC)nc2cc(C(=O)NC4CCC(c5nn[nH]n5)CC4)cc(c21)OCC(N1CC2CCC(C1)O2)CO3. The standard InChI is InChI=1S/C50H58N16O8/c1-5-65-38(17-27(3)58-65)46(68)54-49-52-36-19-30(45(67)51-32-11-9-29(10-12-32)44-56-60-61-57-44)21-40-42(36)63(49)15-7-8-16-64-43-37(53-50(64)55-47(69)39-18-28(4)59-66(39)6-2)20-31(48(70)71)22-41(43)73-26-33(25-72-40)62-23-34-13-14-35(24-62)74-34/h7-8,17-22,29,32-35H,5-6,9-16,23-26H2,1-4H3,(H,51,67)(H,70,71)(H,52,54,68)(H,53,55,69)(H,56,57,60,61)/b8-7+. The summed E-state index contributed by atoms with van der Waals surface area (Å²) in [4.78, 5) is 67.3. The van der Waals surface area contributed by atoms with Gasteiger partial charge in [-0.25, -0.2) is 14.8 Å².